The molecule has 5 nitrogen and oxygen atoms in total. The summed E-state index contributed by atoms with van der Waals surface area (Å²) in [6.45, 7) is 5.36. The number of nitrogens with one attached hydrogen (secondary N) is 1. The Morgan fingerprint density at radius 1 is 1.44 bits per heavy atom. The third-order valence-electron chi connectivity index (χ3n) is 4.38. The molecule has 0 radical (unpaired) electrons. The number of para-hydroxylation sites is 1. The Morgan fingerprint density at radius 3 is 3.12 bits per heavy atom. The summed E-state index contributed by atoms with van der Waals surface area (Å²) in [6, 6.07) is 8.26. The molecule has 1 aliphatic heterocycles. The number of nitrogens with zero attached hydrogens (tertiary/aromatic N) is 2. The summed E-state index contributed by atoms with van der Waals surface area (Å²) < 4.78 is 6.24. The SMILES string of the molecule is CCCCC1CN(CCNC(=O)c2cscn2)Cc2ccccc2O1. The summed E-state index contributed by atoms with van der Waals surface area (Å²) >= 11 is 1.43. The van der Waals surface area contributed by atoms with E-state index in [-0.39, 0.29) is 12.0 Å². The van der Waals surface area contributed by atoms with Crippen LogP contribution in [0.2, 0.25) is 0 Å². The first-order valence-corrected chi connectivity index (χ1v) is 9.84. The molecule has 1 aliphatic rings. The second-order valence-electron chi connectivity index (χ2n) is 6.35. The zero-order chi connectivity index (χ0) is 17.5. The van der Waals surface area contributed by atoms with Crippen LogP contribution in [0.4, 0.5) is 0 Å². The van der Waals surface area contributed by atoms with Gasteiger partial charge in [-0.1, -0.05) is 31.5 Å². The van der Waals surface area contributed by atoms with Gasteiger partial charge in [-0.25, -0.2) is 4.98 Å². The van der Waals surface area contributed by atoms with Gasteiger partial charge in [-0.05, 0) is 18.9 Å². The van der Waals surface area contributed by atoms with Crippen LogP contribution >= 0.6 is 11.3 Å². The highest BCUT2D eigenvalue weighted by Crippen LogP contribution is 2.26. The van der Waals surface area contributed by atoms with E-state index in [0.717, 1.165) is 31.8 Å². The number of amides is 1. The van der Waals surface area contributed by atoms with E-state index >= 15 is 0 Å². The van der Waals surface area contributed by atoms with Crippen LogP contribution in [0.25, 0.3) is 0 Å². The summed E-state index contributed by atoms with van der Waals surface area (Å²) in [4.78, 5) is 18.4. The van der Waals surface area contributed by atoms with Crippen LogP contribution in [0, 0.1) is 0 Å². The van der Waals surface area contributed by atoms with Crippen molar-refractivity contribution in [1.29, 1.82) is 0 Å². The molecule has 3 rings (SSSR count). The number of ether oxygens (including phenoxy) is 1. The molecule has 0 spiro atoms. The number of aromatic nitrogens is 1. The van der Waals surface area contributed by atoms with E-state index in [9.17, 15) is 4.79 Å². The highest BCUT2D eigenvalue weighted by Gasteiger charge is 2.22. The fourth-order valence-electron chi connectivity index (χ4n) is 3.05. The van der Waals surface area contributed by atoms with Crippen molar-refractivity contribution in [1.82, 2.24) is 15.2 Å². The van der Waals surface area contributed by atoms with Gasteiger partial charge in [0.25, 0.3) is 5.91 Å². The zero-order valence-electron chi connectivity index (χ0n) is 14.6. The number of hydrogen-bond donors (Lipinski definition) is 1. The molecule has 1 aromatic heterocycles. The lowest BCUT2D eigenvalue weighted by Gasteiger charge is -2.24. The fraction of sp³-hybridized carbons (Fsp3) is 0.474. The Labute approximate surface area is 153 Å². The van der Waals surface area contributed by atoms with Gasteiger partial charge in [-0.15, -0.1) is 11.3 Å². The Kier molecular flexibility index (Phi) is 6.42. The van der Waals surface area contributed by atoms with Crippen molar-refractivity contribution >= 4 is 17.2 Å². The molecule has 1 N–H and O–H groups in total. The summed E-state index contributed by atoms with van der Waals surface area (Å²) in [5.41, 5.74) is 3.39. The van der Waals surface area contributed by atoms with Gasteiger partial charge in [0.15, 0.2) is 0 Å². The first-order chi connectivity index (χ1) is 12.3. The van der Waals surface area contributed by atoms with Gasteiger partial charge in [0, 0.05) is 37.1 Å². The molecule has 1 atom stereocenters. The molecule has 134 valence electrons. The lowest BCUT2D eigenvalue weighted by molar-refractivity contribution is 0.0937. The number of hydrogen-bond acceptors (Lipinski definition) is 5. The molecule has 2 heterocycles. The summed E-state index contributed by atoms with van der Waals surface area (Å²) in [5.74, 6) is 0.896. The normalized spacial score (nSPS) is 17.4. The standard InChI is InChI=1S/C19H25N3O2S/c1-2-3-7-16-12-22(11-15-6-4-5-8-18(15)24-16)10-9-20-19(23)17-13-25-14-21-17/h4-6,8,13-14,16H,2-3,7,9-12H2,1H3,(H,20,23). The van der Waals surface area contributed by atoms with Crippen LogP contribution in [-0.4, -0.2) is 41.5 Å². The molecule has 0 saturated heterocycles. The molecular formula is C19H25N3O2S. The second-order valence-corrected chi connectivity index (χ2v) is 7.07. The van der Waals surface area contributed by atoms with E-state index in [1.807, 2.05) is 6.07 Å². The lowest BCUT2D eigenvalue weighted by Crippen LogP contribution is -2.38. The number of rotatable bonds is 7. The minimum Gasteiger partial charge on any atom is -0.489 e. The molecule has 6 heteroatoms. The van der Waals surface area contributed by atoms with E-state index in [1.54, 1.807) is 10.9 Å². The van der Waals surface area contributed by atoms with E-state index in [1.165, 1.54) is 29.7 Å². The Bertz CT molecular complexity index is 675. The van der Waals surface area contributed by atoms with Crippen molar-refractivity contribution in [2.75, 3.05) is 19.6 Å². The number of fused-ring (bicyclic) bond motifs is 1. The molecule has 0 aliphatic carbocycles. The molecule has 25 heavy (non-hydrogen) atoms. The molecule has 2 aromatic rings. The van der Waals surface area contributed by atoms with Gasteiger partial charge in [-0.2, -0.15) is 0 Å². The van der Waals surface area contributed by atoms with Crippen LogP contribution in [0.5, 0.6) is 5.75 Å². The molecule has 0 saturated carbocycles. The Balaban J connectivity index is 1.58. The van der Waals surface area contributed by atoms with Crippen molar-refractivity contribution in [2.45, 2.75) is 38.8 Å². The summed E-state index contributed by atoms with van der Waals surface area (Å²) in [5, 5.41) is 4.73. The maximum absolute atomic E-state index is 12.0. The van der Waals surface area contributed by atoms with Gasteiger partial charge >= 0.3 is 0 Å². The fourth-order valence-corrected chi connectivity index (χ4v) is 3.59. The van der Waals surface area contributed by atoms with Gasteiger partial charge in [0.2, 0.25) is 0 Å². The van der Waals surface area contributed by atoms with E-state index in [2.05, 4.69) is 40.3 Å². The third-order valence-corrected chi connectivity index (χ3v) is 4.97. The van der Waals surface area contributed by atoms with Crippen molar-refractivity contribution in [3.05, 3.63) is 46.4 Å². The maximum atomic E-state index is 12.0. The lowest BCUT2D eigenvalue weighted by atomic mass is 10.1. The first-order valence-electron chi connectivity index (χ1n) is 8.89. The highest BCUT2D eigenvalue weighted by atomic mass is 32.1. The minimum atomic E-state index is -0.102. The Morgan fingerprint density at radius 2 is 2.32 bits per heavy atom. The first kappa shape index (κ1) is 17.9. The number of carbonyl (C=O) groups is 1. The van der Waals surface area contributed by atoms with E-state index in [4.69, 9.17) is 4.74 Å². The predicted molar refractivity (Wildman–Crippen MR) is 100 cm³/mol. The number of carbonyl (C=O) groups excluding carboxylic acids is 1. The highest BCUT2D eigenvalue weighted by molar-refractivity contribution is 7.07. The van der Waals surface area contributed by atoms with Crippen molar-refractivity contribution < 1.29 is 9.53 Å². The molecule has 1 amide bonds. The van der Waals surface area contributed by atoms with Crippen LogP contribution in [-0.2, 0) is 6.54 Å². The molecule has 1 aromatic carbocycles. The molecular weight excluding hydrogens is 334 g/mol. The zero-order valence-corrected chi connectivity index (χ0v) is 15.4. The van der Waals surface area contributed by atoms with Crippen LogP contribution in [0.1, 0.15) is 42.2 Å². The van der Waals surface area contributed by atoms with Gasteiger partial charge in [0.05, 0.1) is 5.51 Å². The maximum Gasteiger partial charge on any atom is 0.270 e. The van der Waals surface area contributed by atoms with Crippen molar-refractivity contribution in [3.8, 4) is 5.75 Å². The van der Waals surface area contributed by atoms with E-state index < -0.39 is 0 Å². The van der Waals surface area contributed by atoms with Crippen LogP contribution in [0.3, 0.4) is 0 Å². The third kappa shape index (κ3) is 5.03. The quantitative estimate of drug-likeness (QED) is 0.824. The van der Waals surface area contributed by atoms with Crippen LogP contribution in [0.15, 0.2) is 35.2 Å². The van der Waals surface area contributed by atoms with Gasteiger partial charge in [0.1, 0.15) is 17.5 Å². The summed E-state index contributed by atoms with van der Waals surface area (Å²) in [7, 11) is 0. The van der Waals surface area contributed by atoms with Crippen molar-refractivity contribution in [2.24, 2.45) is 0 Å². The predicted octanol–water partition coefficient (Wildman–Crippen LogP) is 3.33. The monoisotopic (exact) mass is 359 g/mol. The number of thiazole rings is 1. The number of benzene rings is 1. The van der Waals surface area contributed by atoms with E-state index in [0.29, 0.717) is 12.2 Å². The average molecular weight is 359 g/mol. The smallest absolute Gasteiger partial charge is 0.270 e. The van der Waals surface area contributed by atoms with Crippen molar-refractivity contribution in [3.63, 3.8) is 0 Å². The molecule has 0 fully saturated rings. The van der Waals surface area contributed by atoms with Gasteiger partial charge in [-0.3, -0.25) is 9.69 Å². The average Bonchev–Trinajstić information content (AvgIpc) is 3.09. The Hall–Kier alpha value is -1.92. The largest absolute Gasteiger partial charge is 0.489 e. The summed E-state index contributed by atoms with van der Waals surface area (Å²) in [6.07, 6.45) is 3.61. The topological polar surface area (TPSA) is 54.5 Å². The minimum absolute atomic E-state index is 0.102. The van der Waals surface area contributed by atoms with Crippen LogP contribution < -0.4 is 10.1 Å². The molecule has 1 unspecified atom stereocenters. The van der Waals surface area contributed by atoms with Gasteiger partial charge < -0.3 is 10.1 Å². The number of unbranched alkanes of at least 4 members (excludes halogenated alkanes) is 1. The molecule has 0 bridgehead atoms. The second kappa shape index (κ2) is 8.97.